The lowest BCUT2D eigenvalue weighted by atomic mass is 10.4. The van der Waals surface area contributed by atoms with Gasteiger partial charge in [-0.25, -0.2) is 4.98 Å². The van der Waals surface area contributed by atoms with Gasteiger partial charge < -0.3 is 0 Å². The Morgan fingerprint density at radius 2 is 2.46 bits per heavy atom. The molecule has 0 saturated heterocycles. The van der Waals surface area contributed by atoms with E-state index in [1.807, 2.05) is 18.4 Å². The van der Waals surface area contributed by atoms with Crippen molar-refractivity contribution in [1.82, 2.24) is 4.98 Å². The lowest BCUT2D eigenvalue weighted by Gasteiger charge is -1.93. The maximum atomic E-state index is 11.1. The summed E-state index contributed by atoms with van der Waals surface area (Å²) < 4.78 is 0. The van der Waals surface area contributed by atoms with Gasteiger partial charge in [-0.3, -0.25) is 10.1 Å². The summed E-state index contributed by atoms with van der Waals surface area (Å²) in [5, 5.41) is 5.06. The van der Waals surface area contributed by atoms with Crippen molar-refractivity contribution < 1.29 is 4.79 Å². The fraction of sp³-hybridized carbons (Fsp3) is 0.111. The normalized spacial score (nSPS) is 11.2. The quantitative estimate of drug-likeness (QED) is 0.592. The number of amides is 1. The van der Waals surface area contributed by atoms with Crippen molar-refractivity contribution in [3.05, 3.63) is 35.9 Å². The number of hydrogen-bond donors (Lipinski definition) is 1. The average molecular weight is 194 g/mol. The summed E-state index contributed by atoms with van der Waals surface area (Å²) >= 11 is 1.40. The third kappa shape index (κ3) is 3.66. The maximum absolute atomic E-state index is 11.1. The van der Waals surface area contributed by atoms with Crippen LogP contribution in [-0.2, 0) is 4.79 Å². The van der Waals surface area contributed by atoms with Crippen LogP contribution in [0.25, 0.3) is 0 Å². The second kappa shape index (κ2) is 5.27. The van der Waals surface area contributed by atoms with Crippen molar-refractivity contribution in [2.45, 2.75) is 6.92 Å². The molecule has 0 fully saturated rings. The van der Waals surface area contributed by atoms with E-state index in [9.17, 15) is 4.79 Å². The summed E-state index contributed by atoms with van der Waals surface area (Å²) in [5.74, 6) is -0.159. The zero-order valence-electron chi connectivity index (χ0n) is 7.23. The molecule has 0 atom stereocenters. The van der Waals surface area contributed by atoms with Gasteiger partial charge in [0.15, 0.2) is 5.13 Å². The second-order valence-electron chi connectivity index (χ2n) is 2.21. The first-order valence-electron chi connectivity index (χ1n) is 3.83. The van der Waals surface area contributed by atoms with Crippen molar-refractivity contribution in [1.29, 1.82) is 0 Å². The molecule has 4 heteroatoms. The van der Waals surface area contributed by atoms with Crippen molar-refractivity contribution in [3.63, 3.8) is 0 Å². The lowest BCUT2D eigenvalue weighted by Crippen LogP contribution is -2.06. The van der Waals surface area contributed by atoms with E-state index >= 15 is 0 Å². The van der Waals surface area contributed by atoms with Gasteiger partial charge in [0.1, 0.15) is 0 Å². The summed E-state index contributed by atoms with van der Waals surface area (Å²) in [7, 11) is 0. The molecule has 0 aliphatic carbocycles. The Kier molecular flexibility index (Phi) is 3.92. The number of anilines is 1. The Balaban J connectivity index is 2.42. The Hall–Kier alpha value is -1.42. The van der Waals surface area contributed by atoms with Crippen LogP contribution in [0.5, 0.6) is 0 Å². The van der Waals surface area contributed by atoms with E-state index in [4.69, 9.17) is 0 Å². The van der Waals surface area contributed by atoms with E-state index in [0.29, 0.717) is 5.13 Å². The highest BCUT2D eigenvalue weighted by Crippen LogP contribution is 2.09. The standard InChI is InChI=1S/C9H10N2OS/c1-2-3-4-5-8(12)11-9-10-6-7-13-9/h2-7H,1H3,(H,10,11,12)/b3-2+,5-4+. The average Bonchev–Trinajstić information content (AvgIpc) is 2.57. The molecule has 1 heterocycles. The van der Waals surface area contributed by atoms with E-state index in [-0.39, 0.29) is 5.91 Å². The Bertz CT molecular complexity index is 314. The van der Waals surface area contributed by atoms with Crippen LogP contribution in [0.3, 0.4) is 0 Å². The Labute approximate surface area is 80.8 Å². The van der Waals surface area contributed by atoms with Gasteiger partial charge >= 0.3 is 0 Å². The van der Waals surface area contributed by atoms with Crippen molar-refractivity contribution >= 4 is 22.4 Å². The van der Waals surface area contributed by atoms with Gasteiger partial charge in [-0.15, -0.1) is 11.3 Å². The number of allylic oxidation sites excluding steroid dienone is 3. The zero-order chi connectivity index (χ0) is 9.52. The molecule has 68 valence electrons. The molecule has 0 aromatic carbocycles. The molecular formula is C9H10N2OS. The molecule has 0 aliphatic rings. The van der Waals surface area contributed by atoms with Crippen molar-refractivity contribution in [2.24, 2.45) is 0 Å². The molecule has 0 bridgehead atoms. The summed E-state index contributed by atoms with van der Waals surface area (Å²) in [6, 6.07) is 0. The maximum Gasteiger partial charge on any atom is 0.250 e. The van der Waals surface area contributed by atoms with E-state index in [0.717, 1.165) is 0 Å². The third-order valence-electron chi connectivity index (χ3n) is 1.21. The van der Waals surface area contributed by atoms with Gasteiger partial charge in [-0.05, 0) is 6.92 Å². The van der Waals surface area contributed by atoms with Crippen LogP contribution in [0.4, 0.5) is 5.13 Å². The van der Waals surface area contributed by atoms with Crippen LogP contribution in [-0.4, -0.2) is 10.9 Å². The highest BCUT2D eigenvalue weighted by molar-refractivity contribution is 7.13. The van der Waals surface area contributed by atoms with Gasteiger partial charge in [0.25, 0.3) is 0 Å². The van der Waals surface area contributed by atoms with Gasteiger partial charge in [0.2, 0.25) is 5.91 Å². The van der Waals surface area contributed by atoms with Crippen LogP contribution < -0.4 is 5.32 Å². The monoisotopic (exact) mass is 194 g/mol. The molecular weight excluding hydrogens is 184 g/mol. The molecule has 1 aromatic rings. The Morgan fingerprint density at radius 3 is 3.08 bits per heavy atom. The van der Waals surface area contributed by atoms with Crippen LogP contribution in [0, 0.1) is 0 Å². The highest BCUT2D eigenvalue weighted by Gasteiger charge is 1.97. The number of carbonyl (C=O) groups excluding carboxylic acids is 1. The fourth-order valence-electron chi connectivity index (χ4n) is 0.686. The lowest BCUT2D eigenvalue weighted by molar-refractivity contribution is -0.111. The van der Waals surface area contributed by atoms with Gasteiger partial charge in [-0.2, -0.15) is 0 Å². The SMILES string of the molecule is C/C=C/C=C/C(=O)Nc1nccs1. The molecule has 3 nitrogen and oxygen atoms in total. The molecule has 0 saturated carbocycles. The van der Waals surface area contributed by atoms with Crippen molar-refractivity contribution in [2.75, 3.05) is 5.32 Å². The van der Waals surface area contributed by atoms with Crippen LogP contribution in [0.15, 0.2) is 35.9 Å². The highest BCUT2D eigenvalue weighted by atomic mass is 32.1. The number of aromatic nitrogens is 1. The largest absolute Gasteiger partial charge is 0.298 e. The molecule has 1 rings (SSSR count). The number of thiazole rings is 1. The first-order valence-corrected chi connectivity index (χ1v) is 4.70. The van der Waals surface area contributed by atoms with E-state index < -0.39 is 0 Å². The van der Waals surface area contributed by atoms with Gasteiger partial charge in [0, 0.05) is 17.7 Å². The summed E-state index contributed by atoms with van der Waals surface area (Å²) in [6.07, 6.45) is 8.44. The zero-order valence-corrected chi connectivity index (χ0v) is 8.04. The van der Waals surface area contributed by atoms with Crippen LogP contribution >= 0.6 is 11.3 Å². The van der Waals surface area contributed by atoms with E-state index in [1.165, 1.54) is 17.4 Å². The number of carbonyl (C=O) groups is 1. The fourth-order valence-corrected chi connectivity index (χ4v) is 1.22. The van der Waals surface area contributed by atoms with E-state index in [2.05, 4.69) is 10.3 Å². The predicted octanol–water partition coefficient (Wildman–Crippen LogP) is 2.21. The molecule has 0 aliphatic heterocycles. The summed E-state index contributed by atoms with van der Waals surface area (Å²) in [4.78, 5) is 15.0. The summed E-state index contributed by atoms with van der Waals surface area (Å²) in [6.45, 7) is 1.89. The minimum atomic E-state index is -0.159. The first kappa shape index (κ1) is 9.67. The molecule has 0 spiro atoms. The topological polar surface area (TPSA) is 42.0 Å². The third-order valence-corrected chi connectivity index (χ3v) is 1.90. The van der Waals surface area contributed by atoms with E-state index in [1.54, 1.807) is 18.3 Å². The molecule has 13 heavy (non-hydrogen) atoms. The Morgan fingerprint density at radius 1 is 1.62 bits per heavy atom. The summed E-state index contributed by atoms with van der Waals surface area (Å²) in [5.41, 5.74) is 0. The first-order chi connectivity index (χ1) is 6.33. The van der Waals surface area contributed by atoms with Crippen LogP contribution in [0.2, 0.25) is 0 Å². The van der Waals surface area contributed by atoms with Crippen molar-refractivity contribution in [3.8, 4) is 0 Å². The van der Waals surface area contributed by atoms with Gasteiger partial charge in [0.05, 0.1) is 0 Å². The van der Waals surface area contributed by atoms with Crippen LogP contribution in [0.1, 0.15) is 6.92 Å². The molecule has 0 radical (unpaired) electrons. The molecule has 1 N–H and O–H groups in total. The minimum Gasteiger partial charge on any atom is -0.298 e. The molecule has 1 amide bonds. The minimum absolute atomic E-state index is 0.159. The number of nitrogens with one attached hydrogen (secondary N) is 1. The molecule has 1 aromatic heterocycles. The second-order valence-corrected chi connectivity index (χ2v) is 3.11. The number of hydrogen-bond acceptors (Lipinski definition) is 3. The number of rotatable bonds is 3. The van der Waals surface area contributed by atoms with Gasteiger partial charge in [-0.1, -0.05) is 18.2 Å². The molecule has 0 unspecified atom stereocenters. The predicted molar refractivity (Wildman–Crippen MR) is 54.7 cm³/mol. The number of nitrogens with zero attached hydrogens (tertiary/aromatic N) is 1. The smallest absolute Gasteiger partial charge is 0.250 e.